The van der Waals surface area contributed by atoms with Gasteiger partial charge in [0.1, 0.15) is 6.33 Å². The van der Waals surface area contributed by atoms with Gasteiger partial charge in [0.15, 0.2) is 11.6 Å². The summed E-state index contributed by atoms with van der Waals surface area (Å²) >= 11 is 0. The Morgan fingerprint density at radius 1 is 1.14 bits per heavy atom. The van der Waals surface area contributed by atoms with E-state index in [9.17, 15) is 17.2 Å². The van der Waals surface area contributed by atoms with Gasteiger partial charge in [0.25, 0.3) is 5.92 Å². The maximum Gasteiger partial charge on any atom is 0.270 e. The molecule has 2 aliphatic rings. The summed E-state index contributed by atoms with van der Waals surface area (Å²) in [5.74, 6) is -2.96. The number of hydrogen-bond acceptors (Lipinski definition) is 6. The molecule has 35 heavy (non-hydrogen) atoms. The maximum atomic E-state index is 15.6. The molecule has 0 amide bonds. The van der Waals surface area contributed by atoms with E-state index in [0.717, 1.165) is 25.3 Å². The molecule has 7 nitrogen and oxygen atoms in total. The molecule has 1 aromatic heterocycles. The number of rotatable bonds is 9. The molecule has 1 saturated carbocycles. The van der Waals surface area contributed by atoms with Crippen LogP contribution in [0.2, 0.25) is 0 Å². The topological polar surface area (TPSA) is 78.4 Å². The zero-order chi connectivity index (χ0) is 25.4. The molecule has 1 saturated heterocycles. The van der Waals surface area contributed by atoms with Gasteiger partial charge in [0.2, 0.25) is 15.8 Å². The quantitative estimate of drug-likeness (QED) is 0.533. The van der Waals surface area contributed by atoms with Crippen LogP contribution in [-0.4, -0.2) is 54.6 Å². The summed E-state index contributed by atoms with van der Waals surface area (Å²) < 4.78 is 67.7. The first-order valence-electron chi connectivity index (χ1n) is 11.9. The average molecular weight is 512 g/mol. The maximum absolute atomic E-state index is 15.6. The van der Waals surface area contributed by atoms with E-state index in [0.29, 0.717) is 32.5 Å². The van der Waals surface area contributed by atoms with Gasteiger partial charge >= 0.3 is 0 Å². The Balaban J connectivity index is 1.47. The predicted octanol–water partition coefficient (Wildman–Crippen LogP) is 4.54. The minimum Gasteiger partial charge on any atom is -0.367 e. The van der Waals surface area contributed by atoms with Crippen LogP contribution in [0.5, 0.6) is 0 Å². The number of halogens is 3. The normalized spacial score (nSPS) is 18.9. The highest BCUT2D eigenvalue weighted by Crippen LogP contribution is 2.40. The van der Waals surface area contributed by atoms with Crippen LogP contribution in [0.3, 0.4) is 0 Å². The number of benzene rings is 1. The molecule has 1 aliphatic heterocycles. The Morgan fingerprint density at radius 2 is 1.77 bits per heavy atom. The van der Waals surface area contributed by atoms with E-state index in [2.05, 4.69) is 15.3 Å². The molecule has 2 aromatic rings. The molecular formula is C24H32F3N5O2S. The third-order valence-corrected chi connectivity index (χ3v) is 8.18. The molecule has 11 heteroatoms. The highest BCUT2D eigenvalue weighted by molar-refractivity contribution is 7.88. The Bertz CT molecular complexity index is 1130. The van der Waals surface area contributed by atoms with Gasteiger partial charge in [-0.3, -0.25) is 0 Å². The van der Waals surface area contributed by atoms with Crippen molar-refractivity contribution in [3.8, 4) is 0 Å². The first-order valence-corrected chi connectivity index (χ1v) is 13.8. The zero-order valence-corrected chi connectivity index (χ0v) is 21.0. The first-order chi connectivity index (χ1) is 16.4. The summed E-state index contributed by atoms with van der Waals surface area (Å²) in [5, 5.41) is 3.09. The average Bonchev–Trinajstić information content (AvgIpc) is 3.64. The summed E-state index contributed by atoms with van der Waals surface area (Å²) in [4.78, 5) is 10.2. The second-order valence-corrected chi connectivity index (χ2v) is 11.7. The van der Waals surface area contributed by atoms with Crippen molar-refractivity contribution in [1.82, 2.24) is 14.3 Å². The van der Waals surface area contributed by atoms with Crippen molar-refractivity contribution >= 4 is 21.7 Å². The highest BCUT2D eigenvalue weighted by atomic mass is 32.2. The van der Waals surface area contributed by atoms with Gasteiger partial charge in [0.05, 0.1) is 12.3 Å². The largest absolute Gasteiger partial charge is 0.367 e. The summed E-state index contributed by atoms with van der Waals surface area (Å²) in [7, 11) is -3.19. The van der Waals surface area contributed by atoms with Crippen LogP contribution in [0.4, 0.5) is 24.8 Å². The highest BCUT2D eigenvalue weighted by Gasteiger charge is 2.36. The van der Waals surface area contributed by atoms with Crippen LogP contribution >= 0.6 is 0 Å². The number of anilines is 2. The van der Waals surface area contributed by atoms with E-state index in [1.807, 2.05) is 11.8 Å². The lowest BCUT2D eigenvalue weighted by molar-refractivity contribution is 0.0174. The lowest BCUT2D eigenvalue weighted by Gasteiger charge is -2.32. The Kier molecular flexibility index (Phi) is 7.28. The molecule has 2 heterocycles. The number of sulfonamides is 1. The van der Waals surface area contributed by atoms with Gasteiger partial charge in [-0.1, -0.05) is 24.3 Å². The number of nitrogens with one attached hydrogen (secondary N) is 1. The van der Waals surface area contributed by atoms with Gasteiger partial charge in [-0.15, -0.1) is 0 Å². The lowest BCUT2D eigenvalue weighted by atomic mass is 9.98. The molecular weight excluding hydrogens is 479 g/mol. The third kappa shape index (κ3) is 6.06. The molecule has 4 rings (SSSR count). The van der Waals surface area contributed by atoms with E-state index in [1.54, 1.807) is 12.1 Å². The minimum absolute atomic E-state index is 0.0616. The molecule has 1 atom stereocenters. The van der Waals surface area contributed by atoms with E-state index in [-0.39, 0.29) is 35.2 Å². The van der Waals surface area contributed by atoms with Crippen molar-refractivity contribution in [2.24, 2.45) is 5.92 Å². The van der Waals surface area contributed by atoms with Crippen LogP contribution in [0.15, 0.2) is 30.6 Å². The molecule has 2 fully saturated rings. The van der Waals surface area contributed by atoms with Gasteiger partial charge in [-0.2, -0.15) is 4.39 Å². The number of hydrogen-bond donors (Lipinski definition) is 1. The fourth-order valence-electron chi connectivity index (χ4n) is 4.59. The van der Waals surface area contributed by atoms with Gasteiger partial charge in [-0.05, 0) is 44.1 Å². The monoisotopic (exact) mass is 511 g/mol. The van der Waals surface area contributed by atoms with Crippen LogP contribution < -0.4 is 10.2 Å². The van der Waals surface area contributed by atoms with E-state index < -0.39 is 21.8 Å². The second-order valence-electron chi connectivity index (χ2n) is 9.67. The van der Waals surface area contributed by atoms with Crippen molar-refractivity contribution in [3.63, 3.8) is 0 Å². The molecule has 1 aromatic carbocycles. The van der Waals surface area contributed by atoms with Gasteiger partial charge in [0, 0.05) is 38.2 Å². The van der Waals surface area contributed by atoms with Crippen molar-refractivity contribution in [3.05, 3.63) is 47.5 Å². The third-order valence-electron chi connectivity index (χ3n) is 6.87. The summed E-state index contributed by atoms with van der Waals surface area (Å²) in [6.07, 6.45) is 5.73. The molecule has 1 N–H and O–H groups in total. The smallest absolute Gasteiger partial charge is 0.270 e. The van der Waals surface area contributed by atoms with Crippen molar-refractivity contribution in [2.45, 2.75) is 57.5 Å². The van der Waals surface area contributed by atoms with Gasteiger partial charge < -0.3 is 10.2 Å². The van der Waals surface area contributed by atoms with Crippen LogP contribution in [0.1, 0.15) is 56.7 Å². The molecule has 0 spiro atoms. The Labute approximate surface area is 204 Å². The summed E-state index contributed by atoms with van der Waals surface area (Å²) in [6.45, 7) is 4.18. The van der Waals surface area contributed by atoms with Crippen LogP contribution in [-0.2, 0) is 15.9 Å². The van der Waals surface area contributed by atoms with E-state index in [4.69, 9.17) is 0 Å². The van der Waals surface area contributed by atoms with Crippen LogP contribution in [0, 0.1) is 11.7 Å². The SMILES string of the molecule is CC(c1ccc(C(C)(F)F)cc1)N(c1ncnc(NCC2CCN(S(C)(=O)=O)CC2)c1F)C1CC1. The minimum atomic E-state index is -3.19. The zero-order valence-electron chi connectivity index (χ0n) is 20.2. The van der Waals surface area contributed by atoms with Gasteiger partial charge in [-0.25, -0.2) is 31.5 Å². The Morgan fingerprint density at radius 3 is 2.31 bits per heavy atom. The second kappa shape index (κ2) is 9.93. The predicted molar refractivity (Wildman–Crippen MR) is 130 cm³/mol. The van der Waals surface area contributed by atoms with Crippen molar-refractivity contribution in [1.29, 1.82) is 0 Å². The van der Waals surface area contributed by atoms with E-state index in [1.165, 1.54) is 29.0 Å². The first kappa shape index (κ1) is 25.7. The van der Waals surface area contributed by atoms with Crippen LogP contribution in [0.25, 0.3) is 0 Å². The number of aromatic nitrogens is 2. The standard InChI is InChI=1S/C24H32F3N5O2S/c1-16(18-4-6-19(7-5-18)24(2,26)27)32(20-8-9-20)23-21(25)22(29-15-30-23)28-14-17-10-12-31(13-11-17)35(3,33)34/h4-7,15-17,20H,8-14H2,1-3H3,(H,28,29,30). The molecule has 1 unspecified atom stereocenters. The fraction of sp³-hybridized carbons (Fsp3) is 0.583. The lowest BCUT2D eigenvalue weighted by Crippen LogP contribution is -2.39. The number of alkyl halides is 2. The van der Waals surface area contributed by atoms with Crippen molar-refractivity contribution in [2.75, 3.05) is 36.1 Å². The number of piperidine rings is 1. The number of nitrogens with zero attached hydrogens (tertiary/aromatic N) is 4. The summed E-state index contributed by atoms with van der Waals surface area (Å²) in [6, 6.07) is 6.00. The van der Waals surface area contributed by atoms with E-state index >= 15 is 4.39 Å². The molecule has 1 aliphatic carbocycles. The molecule has 0 radical (unpaired) electrons. The Hall–Kier alpha value is -2.40. The summed E-state index contributed by atoms with van der Waals surface area (Å²) in [5.41, 5.74) is 0.739. The molecule has 192 valence electrons. The van der Waals surface area contributed by atoms with Crippen molar-refractivity contribution < 1.29 is 21.6 Å². The molecule has 0 bridgehead atoms. The fourth-order valence-corrected chi connectivity index (χ4v) is 5.46.